The van der Waals surface area contributed by atoms with E-state index in [9.17, 15) is 10.2 Å². The van der Waals surface area contributed by atoms with Gasteiger partial charge in [-0.2, -0.15) is 0 Å². The summed E-state index contributed by atoms with van der Waals surface area (Å²) >= 11 is 0. The van der Waals surface area contributed by atoms with Gasteiger partial charge in [-0.25, -0.2) is 4.58 Å². The minimum atomic E-state index is -1.08. The summed E-state index contributed by atoms with van der Waals surface area (Å²) in [6, 6.07) is 7.54. The first-order chi connectivity index (χ1) is 11.4. The van der Waals surface area contributed by atoms with E-state index in [0.29, 0.717) is 11.1 Å². The van der Waals surface area contributed by atoms with Crippen molar-refractivity contribution < 1.29 is 14.8 Å². The molecule has 0 N–H and O–H groups in total. The number of allylic oxidation sites excluding steroid dienone is 5. The van der Waals surface area contributed by atoms with E-state index >= 15 is 0 Å². The van der Waals surface area contributed by atoms with Crippen molar-refractivity contribution in [2.45, 2.75) is 6.10 Å². The third-order valence-corrected chi connectivity index (χ3v) is 4.40. The number of benzene rings is 1. The first-order valence-corrected chi connectivity index (χ1v) is 7.90. The van der Waals surface area contributed by atoms with Crippen LogP contribution in [0.3, 0.4) is 0 Å². The summed E-state index contributed by atoms with van der Waals surface area (Å²) in [4.78, 5) is 1.98. The molecule has 2 aliphatic rings. The summed E-state index contributed by atoms with van der Waals surface area (Å²) in [5, 5.41) is 25.1. The summed E-state index contributed by atoms with van der Waals surface area (Å²) in [5.41, 5.74) is 4.26. The zero-order valence-electron chi connectivity index (χ0n) is 14.4. The normalized spacial score (nSPS) is 19.7. The Morgan fingerprint density at radius 3 is 1.96 bits per heavy atom. The molecule has 0 aliphatic heterocycles. The zero-order valence-corrected chi connectivity index (χ0v) is 14.4. The van der Waals surface area contributed by atoms with Crippen molar-refractivity contribution in [1.82, 2.24) is 0 Å². The number of nitrogens with zero attached hydrogens (tertiary/aromatic N) is 2. The standard InChI is InChI=1S/C20H22N2O2/c1-21(2)15-9-5-13(6-10-15)17-19(23)18(20(17)24)14-7-11-16(12-8-14)22(3)4/h5-12,19,24H,1-4H3/p-1. The van der Waals surface area contributed by atoms with E-state index < -0.39 is 6.10 Å². The fraction of sp³-hybridized carbons (Fsp3) is 0.250. The third-order valence-electron chi connectivity index (χ3n) is 4.40. The molecule has 0 heterocycles. The van der Waals surface area contributed by atoms with Crippen molar-refractivity contribution in [2.24, 2.45) is 0 Å². The number of hydrogen-bond acceptors (Lipinski definition) is 3. The Hall–Kier alpha value is -2.59. The molecular formula is C20H21N2O2-. The highest BCUT2D eigenvalue weighted by atomic mass is 16.3. The van der Waals surface area contributed by atoms with E-state index in [1.165, 1.54) is 0 Å². The monoisotopic (exact) mass is 321 g/mol. The Balaban J connectivity index is 1.94. The number of hydrogen-bond donors (Lipinski definition) is 0. The first kappa shape index (κ1) is 16.3. The smallest absolute Gasteiger partial charge is 0.199 e. The topological polar surface area (TPSA) is 52.4 Å². The fourth-order valence-electron chi connectivity index (χ4n) is 2.89. The summed E-state index contributed by atoms with van der Waals surface area (Å²) in [5.74, 6) is -0.134. The molecule has 4 heteroatoms. The van der Waals surface area contributed by atoms with E-state index in [1.54, 1.807) is 0 Å². The molecule has 1 aromatic rings. The predicted octanol–water partition coefficient (Wildman–Crippen LogP) is 0.702. The van der Waals surface area contributed by atoms with Crippen molar-refractivity contribution in [3.05, 3.63) is 71.0 Å². The SMILES string of the molecule is CN(C)c1ccc(C2=C([O-])C(=C3C=CC(=[N+](C)C)C=C3)C2[O-])cc1. The van der Waals surface area contributed by atoms with Crippen molar-refractivity contribution in [1.29, 1.82) is 0 Å². The van der Waals surface area contributed by atoms with Crippen LogP contribution in [0.15, 0.2) is 65.5 Å². The van der Waals surface area contributed by atoms with Gasteiger partial charge in [0.1, 0.15) is 14.1 Å². The zero-order chi connectivity index (χ0) is 17.4. The van der Waals surface area contributed by atoms with Gasteiger partial charge in [0.2, 0.25) is 0 Å². The maximum atomic E-state index is 12.6. The second kappa shape index (κ2) is 6.13. The first-order valence-electron chi connectivity index (χ1n) is 7.90. The molecule has 0 amide bonds. The van der Waals surface area contributed by atoms with Crippen LogP contribution in [-0.4, -0.2) is 44.6 Å². The van der Waals surface area contributed by atoms with Gasteiger partial charge in [-0.05, 0) is 35.4 Å². The lowest BCUT2D eigenvalue weighted by Gasteiger charge is -2.47. The van der Waals surface area contributed by atoms with E-state index in [2.05, 4.69) is 0 Å². The average Bonchev–Trinajstić information content (AvgIpc) is 2.56. The lowest BCUT2D eigenvalue weighted by atomic mass is 9.78. The van der Waals surface area contributed by atoms with Crippen LogP contribution >= 0.6 is 0 Å². The Labute approximate surface area is 142 Å². The molecule has 4 nitrogen and oxygen atoms in total. The Kier molecular flexibility index (Phi) is 4.16. The van der Waals surface area contributed by atoms with Crippen LogP contribution in [0.4, 0.5) is 5.69 Å². The van der Waals surface area contributed by atoms with Gasteiger partial charge in [-0.3, -0.25) is 0 Å². The molecule has 124 valence electrons. The predicted molar refractivity (Wildman–Crippen MR) is 93.9 cm³/mol. The van der Waals surface area contributed by atoms with Crippen LogP contribution in [0, 0.1) is 0 Å². The Morgan fingerprint density at radius 2 is 1.50 bits per heavy atom. The highest BCUT2D eigenvalue weighted by Gasteiger charge is 2.24. The van der Waals surface area contributed by atoms with Gasteiger partial charge in [-0.15, -0.1) is 5.76 Å². The van der Waals surface area contributed by atoms with Gasteiger partial charge >= 0.3 is 0 Å². The largest absolute Gasteiger partial charge is 0.872 e. The fourth-order valence-corrected chi connectivity index (χ4v) is 2.89. The highest BCUT2D eigenvalue weighted by molar-refractivity contribution is 6.02. The van der Waals surface area contributed by atoms with Crippen LogP contribution < -0.4 is 15.1 Å². The van der Waals surface area contributed by atoms with Crippen LogP contribution in [0.25, 0.3) is 5.57 Å². The highest BCUT2D eigenvalue weighted by Crippen LogP contribution is 2.39. The molecule has 3 rings (SSSR count). The lowest BCUT2D eigenvalue weighted by molar-refractivity contribution is -0.462. The number of rotatable bonds is 2. The Morgan fingerprint density at radius 1 is 0.917 bits per heavy atom. The number of anilines is 1. The van der Waals surface area contributed by atoms with Gasteiger partial charge in [-0.1, -0.05) is 29.4 Å². The van der Waals surface area contributed by atoms with Crippen molar-refractivity contribution in [2.75, 3.05) is 33.1 Å². The molecule has 0 aromatic heterocycles. The average molecular weight is 321 g/mol. The van der Waals surface area contributed by atoms with Crippen molar-refractivity contribution in [3.8, 4) is 0 Å². The van der Waals surface area contributed by atoms with Crippen LogP contribution in [-0.2, 0) is 0 Å². The lowest BCUT2D eigenvalue weighted by Crippen LogP contribution is -2.43. The van der Waals surface area contributed by atoms with Crippen molar-refractivity contribution >= 4 is 17.0 Å². The molecule has 1 unspecified atom stereocenters. The Bertz CT molecular complexity index is 800. The maximum absolute atomic E-state index is 12.6. The summed E-state index contributed by atoms with van der Waals surface area (Å²) in [7, 11) is 7.82. The molecule has 1 aromatic carbocycles. The summed E-state index contributed by atoms with van der Waals surface area (Å²) < 4.78 is 1.98. The molecule has 24 heavy (non-hydrogen) atoms. The molecule has 0 bridgehead atoms. The van der Waals surface area contributed by atoms with Gasteiger partial charge in [0.25, 0.3) is 0 Å². The van der Waals surface area contributed by atoms with E-state index in [0.717, 1.165) is 22.5 Å². The summed E-state index contributed by atoms with van der Waals surface area (Å²) in [6.07, 6.45) is 6.46. The van der Waals surface area contributed by atoms with E-state index in [1.807, 2.05) is 86.2 Å². The minimum absolute atomic E-state index is 0.134. The van der Waals surface area contributed by atoms with Gasteiger partial charge in [0.15, 0.2) is 5.71 Å². The molecule has 1 atom stereocenters. The summed E-state index contributed by atoms with van der Waals surface area (Å²) in [6.45, 7) is 0. The second-order valence-electron chi connectivity index (χ2n) is 6.42. The molecule has 0 saturated carbocycles. The van der Waals surface area contributed by atoms with Crippen molar-refractivity contribution in [3.63, 3.8) is 0 Å². The third kappa shape index (κ3) is 2.69. The van der Waals surface area contributed by atoms with Crippen LogP contribution in [0.5, 0.6) is 0 Å². The molecule has 0 spiro atoms. The molecular weight excluding hydrogens is 300 g/mol. The maximum Gasteiger partial charge on any atom is 0.199 e. The quantitative estimate of drug-likeness (QED) is 0.754. The second-order valence-corrected chi connectivity index (χ2v) is 6.42. The van der Waals surface area contributed by atoms with Crippen LogP contribution in [0.2, 0.25) is 0 Å². The molecule has 2 aliphatic carbocycles. The van der Waals surface area contributed by atoms with Gasteiger partial charge < -0.3 is 15.1 Å². The minimum Gasteiger partial charge on any atom is -0.872 e. The molecule has 0 radical (unpaired) electrons. The van der Waals surface area contributed by atoms with Gasteiger partial charge in [0, 0.05) is 31.9 Å². The molecule has 0 saturated heterocycles. The van der Waals surface area contributed by atoms with Crippen LogP contribution in [0.1, 0.15) is 5.56 Å². The van der Waals surface area contributed by atoms with E-state index in [4.69, 9.17) is 0 Å². The van der Waals surface area contributed by atoms with E-state index in [-0.39, 0.29) is 5.76 Å². The molecule has 0 fully saturated rings. The van der Waals surface area contributed by atoms with Gasteiger partial charge in [0.05, 0.1) is 0 Å².